The first-order chi connectivity index (χ1) is 12.4. The summed E-state index contributed by atoms with van der Waals surface area (Å²) in [6.07, 6.45) is 0. The molecule has 9 heteroatoms. The van der Waals surface area contributed by atoms with E-state index in [0.717, 1.165) is 0 Å². The quantitative estimate of drug-likeness (QED) is 0.571. The molecule has 0 aromatic heterocycles. The minimum atomic E-state index is -0.516. The maximum absolute atomic E-state index is 12.1. The number of hydrogen-bond donors (Lipinski definition) is 2. The molecule has 0 unspecified atom stereocenters. The molecule has 2 N–H and O–H groups in total. The molecular formula is C17H17ClN4O4. The van der Waals surface area contributed by atoms with E-state index in [0.29, 0.717) is 16.4 Å². The van der Waals surface area contributed by atoms with Crippen LogP contribution in [0.3, 0.4) is 0 Å². The van der Waals surface area contributed by atoms with Crippen LogP contribution in [0, 0.1) is 10.1 Å². The number of non-ortho nitro benzene ring substituents is 1. The van der Waals surface area contributed by atoms with E-state index in [9.17, 15) is 19.7 Å². The van der Waals surface area contributed by atoms with Crippen molar-refractivity contribution in [2.24, 2.45) is 0 Å². The third kappa shape index (κ3) is 5.45. The average Bonchev–Trinajstić information content (AvgIpc) is 2.61. The summed E-state index contributed by atoms with van der Waals surface area (Å²) in [4.78, 5) is 35.6. The fourth-order valence-corrected chi connectivity index (χ4v) is 2.28. The van der Waals surface area contributed by atoms with Gasteiger partial charge in [-0.05, 0) is 18.2 Å². The van der Waals surface area contributed by atoms with E-state index in [4.69, 9.17) is 11.6 Å². The lowest BCUT2D eigenvalue weighted by Crippen LogP contribution is -2.38. The van der Waals surface area contributed by atoms with Gasteiger partial charge in [0.05, 0.1) is 28.7 Å². The van der Waals surface area contributed by atoms with Crippen molar-refractivity contribution < 1.29 is 14.5 Å². The lowest BCUT2D eigenvalue weighted by atomic mass is 10.3. The van der Waals surface area contributed by atoms with Crippen LogP contribution in [-0.2, 0) is 9.59 Å². The lowest BCUT2D eigenvalue weighted by Gasteiger charge is -2.17. The fraction of sp³-hybridized carbons (Fsp3) is 0.176. The molecule has 136 valence electrons. The molecule has 0 heterocycles. The van der Waals surface area contributed by atoms with Crippen molar-refractivity contribution in [2.45, 2.75) is 0 Å². The van der Waals surface area contributed by atoms with Gasteiger partial charge in [0.1, 0.15) is 0 Å². The van der Waals surface area contributed by atoms with Crippen LogP contribution in [0.4, 0.5) is 17.1 Å². The third-order valence-corrected chi connectivity index (χ3v) is 3.78. The summed E-state index contributed by atoms with van der Waals surface area (Å²) in [6.45, 7) is -0.252. The maximum Gasteiger partial charge on any atom is 0.271 e. The molecule has 0 fully saturated rings. The van der Waals surface area contributed by atoms with Gasteiger partial charge in [-0.2, -0.15) is 0 Å². The van der Waals surface area contributed by atoms with Crippen molar-refractivity contribution >= 4 is 40.5 Å². The SMILES string of the molecule is CN(CC(=O)Nc1ccccc1Cl)C(=O)CNc1cccc([N+](=O)[O-])c1. The molecule has 2 aromatic carbocycles. The van der Waals surface area contributed by atoms with Crippen LogP contribution in [0.5, 0.6) is 0 Å². The van der Waals surface area contributed by atoms with Crippen LogP contribution in [0.2, 0.25) is 5.02 Å². The highest BCUT2D eigenvalue weighted by Gasteiger charge is 2.14. The van der Waals surface area contributed by atoms with Crippen LogP contribution in [0.1, 0.15) is 0 Å². The summed E-state index contributed by atoms with van der Waals surface area (Å²) >= 11 is 5.97. The lowest BCUT2D eigenvalue weighted by molar-refractivity contribution is -0.384. The van der Waals surface area contributed by atoms with E-state index in [2.05, 4.69) is 10.6 Å². The Bertz CT molecular complexity index is 828. The summed E-state index contributed by atoms with van der Waals surface area (Å²) in [7, 11) is 1.49. The normalized spacial score (nSPS) is 10.1. The molecule has 2 aromatic rings. The Hall–Kier alpha value is -3.13. The van der Waals surface area contributed by atoms with Gasteiger partial charge < -0.3 is 15.5 Å². The first kappa shape index (κ1) is 19.2. The van der Waals surface area contributed by atoms with Gasteiger partial charge in [-0.15, -0.1) is 0 Å². The Labute approximate surface area is 154 Å². The van der Waals surface area contributed by atoms with E-state index in [-0.39, 0.29) is 30.6 Å². The molecule has 0 atom stereocenters. The molecule has 2 amide bonds. The Morgan fingerprint density at radius 3 is 2.62 bits per heavy atom. The highest BCUT2D eigenvalue weighted by Crippen LogP contribution is 2.20. The van der Waals surface area contributed by atoms with Gasteiger partial charge in [0.25, 0.3) is 5.69 Å². The Kier molecular flexibility index (Phi) is 6.51. The Morgan fingerprint density at radius 2 is 1.92 bits per heavy atom. The molecule has 26 heavy (non-hydrogen) atoms. The molecule has 0 aliphatic rings. The van der Waals surface area contributed by atoms with E-state index >= 15 is 0 Å². The molecule has 0 radical (unpaired) electrons. The highest BCUT2D eigenvalue weighted by molar-refractivity contribution is 6.33. The number of benzene rings is 2. The van der Waals surface area contributed by atoms with Gasteiger partial charge >= 0.3 is 0 Å². The number of hydrogen-bond acceptors (Lipinski definition) is 5. The van der Waals surface area contributed by atoms with Gasteiger partial charge in [0.2, 0.25) is 11.8 Å². The summed E-state index contributed by atoms with van der Waals surface area (Å²) in [5, 5.41) is 16.6. The van der Waals surface area contributed by atoms with Crippen molar-refractivity contribution in [3.8, 4) is 0 Å². The zero-order chi connectivity index (χ0) is 19.1. The van der Waals surface area contributed by atoms with Crippen LogP contribution < -0.4 is 10.6 Å². The van der Waals surface area contributed by atoms with Crippen molar-refractivity contribution in [2.75, 3.05) is 30.8 Å². The topological polar surface area (TPSA) is 105 Å². The number of nitrogens with one attached hydrogen (secondary N) is 2. The minimum absolute atomic E-state index is 0.0741. The minimum Gasteiger partial charge on any atom is -0.376 e. The molecular weight excluding hydrogens is 360 g/mol. The van der Waals surface area contributed by atoms with E-state index in [1.54, 1.807) is 30.3 Å². The number of nitrogens with zero attached hydrogens (tertiary/aromatic N) is 2. The standard InChI is InChI=1S/C17H17ClN4O4/c1-21(11-16(23)20-15-8-3-2-7-14(15)18)17(24)10-19-12-5-4-6-13(9-12)22(25)26/h2-9,19H,10-11H2,1H3,(H,20,23). The number of para-hydroxylation sites is 1. The fourth-order valence-electron chi connectivity index (χ4n) is 2.10. The number of halogens is 1. The Balaban J connectivity index is 1.85. The highest BCUT2D eigenvalue weighted by atomic mass is 35.5. The van der Waals surface area contributed by atoms with E-state index in [1.165, 1.54) is 30.1 Å². The Morgan fingerprint density at radius 1 is 1.19 bits per heavy atom. The van der Waals surface area contributed by atoms with Crippen molar-refractivity contribution in [1.29, 1.82) is 0 Å². The summed E-state index contributed by atoms with van der Waals surface area (Å²) in [5.41, 5.74) is 0.839. The van der Waals surface area contributed by atoms with Gasteiger partial charge in [0.15, 0.2) is 0 Å². The number of anilines is 2. The number of amides is 2. The molecule has 8 nitrogen and oxygen atoms in total. The number of nitro benzene ring substituents is 1. The molecule has 0 aliphatic heterocycles. The largest absolute Gasteiger partial charge is 0.376 e. The molecule has 2 rings (SSSR count). The maximum atomic E-state index is 12.1. The van der Waals surface area contributed by atoms with Gasteiger partial charge in [-0.3, -0.25) is 19.7 Å². The number of carbonyl (C=O) groups excluding carboxylic acids is 2. The molecule has 0 saturated heterocycles. The van der Waals surface area contributed by atoms with Gasteiger partial charge in [-0.1, -0.05) is 29.8 Å². The molecule has 0 saturated carbocycles. The zero-order valence-electron chi connectivity index (χ0n) is 13.9. The van der Waals surface area contributed by atoms with Crippen LogP contribution in [-0.4, -0.2) is 41.8 Å². The number of likely N-dealkylation sites (N-methyl/N-ethyl adjacent to an activating group) is 1. The van der Waals surface area contributed by atoms with Crippen LogP contribution >= 0.6 is 11.6 Å². The van der Waals surface area contributed by atoms with E-state index in [1.807, 2.05) is 0 Å². The zero-order valence-corrected chi connectivity index (χ0v) is 14.7. The summed E-state index contributed by atoms with van der Waals surface area (Å²) in [5.74, 6) is -0.727. The number of nitro groups is 1. The summed E-state index contributed by atoms with van der Waals surface area (Å²) < 4.78 is 0. The second-order valence-corrected chi connectivity index (χ2v) is 5.85. The van der Waals surface area contributed by atoms with E-state index < -0.39 is 4.92 Å². The van der Waals surface area contributed by atoms with Gasteiger partial charge in [-0.25, -0.2) is 0 Å². The van der Waals surface area contributed by atoms with Crippen molar-refractivity contribution in [3.63, 3.8) is 0 Å². The first-order valence-electron chi connectivity index (χ1n) is 7.63. The predicted molar refractivity (Wildman–Crippen MR) is 99.3 cm³/mol. The predicted octanol–water partition coefficient (Wildman–Crippen LogP) is 2.76. The summed E-state index contributed by atoms with van der Waals surface area (Å²) in [6, 6.07) is 12.6. The number of carbonyl (C=O) groups is 2. The molecule has 0 aliphatic carbocycles. The second kappa shape index (κ2) is 8.82. The van der Waals surface area contributed by atoms with Crippen LogP contribution in [0.25, 0.3) is 0 Å². The average molecular weight is 377 g/mol. The number of rotatable bonds is 7. The van der Waals surface area contributed by atoms with Gasteiger partial charge in [0, 0.05) is 24.9 Å². The molecule has 0 spiro atoms. The first-order valence-corrected chi connectivity index (χ1v) is 8.01. The van der Waals surface area contributed by atoms with Crippen molar-refractivity contribution in [1.82, 2.24) is 4.90 Å². The third-order valence-electron chi connectivity index (χ3n) is 3.46. The molecule has 0 bridgehead atoms. The second-order valence-electron chi connectivity index (χ2n) is 5.44. The monoisotopic (exact) mass is 376 g/mol. The van der Waals surface area contributed by atoms with Crippen molar-refractivity contribution in [3.05, 3.63) is 63.7 Å². The smallest absolute Gasteiger partial charge is 0.271 e. The van der Waals surface area contributed by atoms with Crippen LogP contribution in [0.15, 0.2) is 48.5 Å².